The second-order valence-electron chi connectivity index (χ2n) is 9.45. The van der Waals surface area contributed by atoms with Crippen molar-refractivity contribution in [2.75, 3.05) is 0 Å². The molecule has 3 aromatic rings. The Labute approximate surface area is 211 Å². The van der Waals surface area contributed by atoms with Crippen LogP contribution in [0, 0.1) is 0 Å². The van der Waals surface area contributed by atoms with Gasteiger partial charge in [-0.05, 0) is 87.0 Å². The van der Waals surface area contributed by atoms with Crippen LogP contribution in [0.1, 0.15) is 42.3 Å². The molecular formula is C28H31N4O4-. The molecule has 36 heavy (non-hydrogen) atoms. The molecule has 8 heteroatoms. The van der Waals surface area contributed by atoms with E-state index in [0.29, 0.717) is 17.7 Å². The molecule has 2 aromatic carbocycles. The van der Waals surface area contributed by atoms with Gasteiger partial charge in [-0.1, -0.05) is 30.3 Å². The Morgan fingerprint density at radius 3 is 2.19 bits per heavy atom. The molecule has 0 fully saturated rings. The van der Waals surface area contributed by atoms with E-state index in [1.165, 1.54) is 0 Å². The number of nitrogens with two attached hydrogens (primary N) is 1. The molecule has 3 N–H and O–H groups in total. The first kappa shape index (κ1) is 26.6. The standard InChI is InChI=1S/C28H32N4O4/c1-28(2,3)32-26(34)24(31-25(33)23(29)17-20-13-15-30-16-14-20)18-19-9-11-22(12-10-19)36-27(35)21-7-5-4-6-8-21/h4-16,23-24H,17-18,29H2,1-3H3,(H,31,33)(H,32,34)/p-1/t23-,24-/m0/s1. The maximum Gasteiger partial charge on any atom is 0.343 e. The molecule has 1 aromatic heterocycles. The van der Waals surface area contributed by atoms with Gasteiger partial charge < -0.3 is 20.9 Å². The normalized spacial score (nSPS) is 13.5. The lowest BCUT2D eigenvalue weighted by Crippen LogP contribution is -2.53. The van der Waals surface area contributed by atoms with Gasteiger partial charge in [-0.25, -0.2) is 4.79 Å². The van der Waals surface area contributed by atoms with Crippen LogP contribution in [-0.2, 0) is 17.6 Å². The van der Waals surface area contributed by atoms with E-state index in [9.17, 15) is 14.7 Å². The number of pyridine rings is 1. The molecule has 0 saturated carbocycles. The SMILES string of the molecule is CC(C)(C)N=C([O-])[C@H](Cc1ccc(OC(=O)c2ccccc2)cc1)NC(=O)[C@@H](N)Cc1ccncc1. The number of nitrogens with zero attached hydrogens (tertiary/aromatic N) is 2. The average molecular weight is 488 g/mol. The largest absolute Gasteiger partial charge is 0.861 e. The molecule has 0 spiro atoms. The summed E-state index contributed by atoms with van der Waals surface area (Å²) in [4.78, 5) is 33.3. The van der Waals surface area contributed by atoms with E-state index in [2.05, 4.69) is 15.3 Å². The minimum Gasteiger partial charge on any atom is -0.861 e. The summed E-state index contributed by atoms with van der Waals surface area (Å²) in [5, 5.41) is 15.7. The van der Waals surface area contributed by atoms with Gasteiger partial charge >= 0.3 is 5.97 Å². The Hall–Kier alpha value is -4.04. The van der Waals surface area contributed by atoms with E-state index < -0.39 is 35.4 Å². The second kappa shape index (κ2) is 12.1. The number of benzene rings is 2. The first-order chi connectivity index (χ1) is 17.1. The number of hydrogen-bond acceptors (Lipinski definition) is 7. The highest BCUT2D eigenvalue weighted by molar-refractivity contribution is 5.91. The lowest BCUT2D eigenvalue weighted by Gasteiger charge is -2.29. The van der Waals surface area contributed by atoms with Crippen molar-refractivity contribution in [2.45, 2.75) is 51.2 Å². The fourth-order valence-electron chi connectivity index (χ4n) is 3.42. The fourth-order valence-corrected chi connectivity index (χ4v) is 3.42. The van der Waals surface area contributed by atoms with E-state index in [-0.39, 0.29) is 6.42 Å². The van der Waals surface area contributed by atoms with Crippen molar-refractivity contribution in [3.8, 4) is 5.75 Å². The molecule has 0 bridgehead atoms. The zero-order valence-electron chi connectivity index (χ0n) is 20.7. The van der Waals surface area contributed by atoms with Crippen LogP contribution >= 0.6 is 0 Å². The number of carbonyl (C=O) groups is 2. The van der Waals surface area contributed by atoms with Crippen molar-refractivity contribution < 1.29 is 19.4 Å². The van der Waals surface area contributed by atoms with Crippen LogP contribution in [0.2, 0.25) is 0 Å². The molecule has 0 saturated heterocycles. The minimum atomic E-state index is -0.891. The van der Waals surface area contributed by atoms with Gasteiger partial charge in [0.2, 0.25) is 5.91 Å². The van der Waals surface area contributed by atoms with Crippen molar-refractivity contribution in [3.63, 3.8) is 0 Å². The summed E-state index contributed by atoms with van der Waals surface area (Å²) in [6, 6.07) is 17.3. The first-order valence-electron chi connectivity index (χ1n) is 11.7. The van der Waals surface area contributed by atoms with E-state index in [4.69, 9.17) is 10.5 Å². The molecule has 0 aliphatic carbocycles. The van der Waals surface area contributed by atoms with Gasteiger partial charge in [0, 0.05) is 12.4 Å². The van der Waals surface area contributed by atoms with Gasteiger partial charge in [-0.3, -0.25) is 14.8 Å². The summed E-state index contributed by atoms with van der Waals surface area (Å²) in [5.41, 5.74) is 7.59. The fraction of sp³-hybridized carbons (Fsp3) is 0.286. The molecule has 0 aliphatic rings. The lowest BCUT2D eigenvalue weighted by molar-refractivity contribution is -0.222. The molecule has 0 radical (unpaired) electrons. The topological polar surface area (TPSA) is 130 Å². The highest BCUT2D eigenvalue weighted by Gasteiger charge is 2.21. The van der Waals surface area contributed by atoms with E-state index in [1.807, 2.05) is 26.8 Å². The zero-order chi connectivity index (χ0) is 26.1. The average Bonchev–Trinajstić information content (AvgIpc) is 2.84. The molecule has 0 unspecified atom stereocenters. The molecule has 8 nitrogen and oxygen atoms in total. The van der Waals surface area contributed by atoms with Crippen molar-refractivity contribution in [1.82, 2.24) is 10.3 Å². The maximum atomic E-state index is 12.9. The quantitative estimate of drug-likeness (QED) is 0.206. The number of aliphatic imine (C=N–C) groups is 1. The van der Waals surface area contributed by atoms with Crippen LogP contribution in [0.4, 0.5) is 0 Å². The van der Waals surface area contributed by atoms with E-state index in [1.54, 1.807) is 73.1 Å². The van der Waals surface area contributed by atoms with Crippen molar-refractivity contribution >= 4 is 17.8 Å². The van der Waals surface area contributed by atoms with Crippen LogP contribution < -0.4 is 20.9 Å². The van der Waals surface area contributed by atoms with Gasteiger partial charge in [0.05, 0.1) is 23.2 Å². The van der Waals surface area contributed by atoms with Crippen LogP contribution in [0.3, 0.4) is 0 Å². The van der Waals surface area contributed by atoms with Crippen molar-refractivity contribution in [1.29, 1.82) is 0 Å². The third kappa shape index (κ3) is 8.32. The highest BCUT2D eigenvalue weighted by Crippen LogP contribution is 2.16. The van der Waals surface area contributed by atoms with Crippen molar-refractivity contribution in [2.24, 2.45) is 10.7 Å². The summed E-state index contributed by atoms with van der Waals surface area (Å²) >= 11 is 0. The van der Waals surface area contributed by atoms with Gasteiger partial charge in [-0.2, -0.15) is 0 Å². The number of amides is 1. The molecule has 3 rings (SSSR count). The third-order valence-electron chi connectivity index (χ3n) is 5.19. The Kier molecular flexibility index (Phi) is 8.91. The summed E-state index contributed by atoms with van der Waals surface area (Å²) in [6.07, 6.45) is 3.79. The van der Waals surface area contributed by atoms with Crippen molar-refractivity contribution in [3.05, 3.63) is 95.8 Å². The predicted octanol–water partition coefficient (Wildman–Crippen LogP) is 2.46. The summed E-state index contributed by atoms with van der Waals surface area (Å²) < 4.78 is 5.41. The number of hydrogen-bond donors (Lipinski definition) is 2. The summed E-state index contributed by atoms with van der Waals surface area (Å²) in [7, 11) is 0. The number of nitrogens with one attached hydrogen (secondary N) is 1. The Morgan fingerprint density at radius 2 is 1.58 bits per heavy atom. The van der Waals surface area contributed by atoms with Gasteiger partial charge in [0.15, 0.2) is 0 Å². The van der Waals surface area contributed by atoms with E-state index in [0.717, 1.165) is 11.1 Å². The molecule has 1 heterocycles. The first-order valence-corrected chi connectivity index (χ1v) is 11.7. The second-order valence-corrected chi connectivity index (χ2v) is 9.45. The number of aromatic nitrogens is 1. The van der Waals surface area contributed by atoms with Gasteiger partial charge in [0.25, 0.3) is 0 Å². The third-order valence-corrected chi connectivity index (χ3v) is 5.19. The molecular weight excluding hydrogens is 456 g/mol. The number of carbonyl (C=O) groups excluding carboxylic acids is 2. The van der Waals surface area contributed by atoms with Crippen LogP contribution in [-0.4, -0.2) is 40.4 Å². The maximum absolute atomic E-state index is 12.9. The molecule has 1 amide bonds. The number of rotatable bonds is 9. The Balaban J connectivity index is 1.70. The predicted molar refractivity (Wildman–Crippen MR) is 137 cm³/mol. The van der Waals surface area contributed by atoms with Gasteiger partial charge in [-0.15, -0.1) is 0 Å². The van der Waals surface area contributed by atoms with Crippen LogP contribution in [0.5, 0.6) is 5.75 Å². The van der Waals surface area contributed by atoms with Gasteiger partial charge in [0.1, 0.15) is 5.75 Å². The van der Waals surface area contributed by atoms with Crippen LogP contribution in [0.15, 0.2) is 84.1 Å². The number of ether oxygens (including phenoxy) is 1. The molecule has 2 atom stereocenters. The molecule has 188 valence electrons. The van der Waals surface area contributed by atoms with Crippen LogP contribution in [0.25, 0.3) is 0 Å². The Bertz CT molecular complexity index is 1170. The minimum absolute atomic E-state index is 0.207. The number of esters is 1. The monoisotopic (exact) mass is 487 g/mol. The van der Waals surface area contributed by atoms with E-state index >= 15 is 0 Å². The summed E-state index contributed by atoms with van der Waals surface area (Å²) in [5.74, 6) is -0.969. The highest BCUT2D eigenvalue weighted by atomic mass is 16.5. The smallest absolute Gasteiger partial charge is 0.343 e. The zero-order valence-corrected chi connectivity index (χ0v) is 20.7. The molecule has 0 aliphatic heterocycles. The lowest BCUT2D eigenvalue weighted by atomic mass is 10.0. The summed E-state index contributed by atoms with van der Waals surface area (Å²) in [6.45, 7) is 5.44. The Morgan fingerprint density at radius 1 is 0.972 bits per heavy atom.